The number of carbonyl (C=O) groups excluding carboxylic acids is 1. The van der Waals surface area contributed by atoms with Gasteiger partial charge in [0, 0.05) is 18.0 Å². The van der Waals surface area contributed by atoms with E-state index in [1.54, 1.807) is 23.2 Å². The summed E-state index contributed by atoms with van der Waals surface area (Å²) in [6, 6.07) is 1.73. The number of aryl methyl sites for hydroxylation is 1. The van der Waals surface area contributed by atoms with Crippen molar-refractivity contribution in [2.75, 3.05) is 7.11 Å². The van der Waals surface area contributed by atoms with Gasteiger partial charge in [0.2, 0.25) is 5.78 Å². The minimum absolute atomic E-state index is 0.0586. The highest BCUT2D eigenvalue weighted by Gasteiger charge is 2.17. The van der Waals surface area contributed by atoms with Crippen LogP contribution in [0.5, 0.6) is 5.75 Å². The van der Waals surface area contributed by atoms with Crippen molar-refractivity contribution in [3.05, 3.63) is 28.2 Å². The number of ketones is 1. The van der Waals surface area contributed by atoms with Crippen LogP contribution < -0.4 is 4.74 Å². The van der Waals surface area contributed by atoms with E-state index >= 15 is 0 Å². The molecule has 0 atom stereocenters. The Morgan fingerprint density at radius 2 is 2.41 bits per heavy atom. The van der Waals surface area contributed by atoms with Crippen molar-refractivity contribution in [1.29, 1.82) is 0 Å². The quantitative estimate of drug-likeness (QED) is 0.762. The highest BCUT2D eigenvalue weighted by molar-refractivity contribution is 7.12. The molecule has 0 saturated heterocycles. The van der Waals surface area contributed by atoms with E-state index in [4.69, 9.17) is 4.74 Å². The van der Waals surface area contributed by atoms with Gasteiger partial charge in [0.25, 0.3) is 0 Å². The summed E-state index contributed by atoms with van der Waals surface area (Å²) >= 11 is 1.36. The topological polar surface area (TPSA) is 57.0 Å². The zero-order valence-electron chi connectivity index (χ0n) is 9.71. The Morgan fingerprint density at radius 3 is 3.06 bits per heavy atom. The number of thiophene rings is 1. The van der Waals surface area contributed by atoms with Gasteiger partial charge in [-0.2, -0.15) is 0 Å². The Kier molecular flexibility index (Phi) is 3.53. The molecule has 90 valence electrons. The molecule has 0 radical (unpaired) electrons. The minimum atomic E-state index is -0.0586. The zero-order valence-corrected chi connectivity index (χ0v) is 10.5. The maximum atomic E-state index is 12.2. The fourth-order valence-electron chi connectivity index (χ4n) is 1.48. The summed E-state index contributed by atoms with van der Waals surface area (Å²) in [6.07, 6.45) is 2.42. The van der Waals surface area contributed by atoms with Gasteiger partial charge in [-0.15, -0.1) is 16.4 Å². The first-order valence-corrected chi connectivity index (χ1v) is 6.20. The number of hydrogen-bond donors (Lipinski definition) is 0. The lowest BCUT2D eigenvalue weighted by molar-refractivity contribution is 0.103. The van der Waals surface area contributed by atoms with E-state index in [0.717, 1.165) is 6.42 Å². The molecule has 0 fully saturated rings. The van der Waals surface area contributed by atoms with E-state index in [1.165, 1.54) is 17.5 Å². The molecule has 2 rings (SSSR count). The van der Waals surface area contributed by atoms with E-state index in [2.05, 4.69) is 10.3 Å². The predicted molar refractivity (Wildman–Crippen MR) is 64.6 cm³/mol. The van der Waals surface area contributed by atoms with Crippen LogP contribution in [0.1, 0.15) is 28.7 Å². The summed E-state index contributed by atoms with van der Waals surface area (Å²) in [5.41, 5.74) is 0.524. The Morgan fingerprint density at radius 1 is 1.59 bits per heavy atom. The SMILES string of the molecule is CCCn1nncc1C(=O)c1cc(OC)cs1. The van der Waals surface area contributed by atoms with Crippen LogP contribution in [0, 0.1) is 0 Å². The molecule has 0 aliphatic heterocycles. The largest absolute Gasteiger partial charge is 0.496 e. The monoisotopic (exact) mass is 251 g/mol. The first-order valence-electron chi connectivity index (χ1n) is 5.32. The molecular formula is C11H13N3O2S. The summed E-state index contributed by atoms with van der Waals surface area (Å²) in [5.74, 6) is 0.643. The molecule has 0 unspecified atom stereocenters. The van der Waals surface area contributed by atoms with Crippen LogP contribution in [0.15, 0.2) is 17.6 Å². The van der Waals surface area contributed by atoms with Crippen molar-refractivity contribution in [1.82, 2.24) is 15.0 Å². The normalized spacial score (nSPS) is 10.5. The summed E-state index contributed by atoms with van der Waals surface area (Å²) in [5, 5.41) is 9.49. The van der Waals surface area contributed by atoms with Crippen molar-refractivity contribution >= 4 is 17.1 Å². The molecule has 0 amide bonds. The van der Waals surface area contributed by atoms with Crippen molar-refractivity contribution in [3.8, 4) is 5.75 Å². The molecule has 0 N–H and O–H groups in total. The number of carbonyl (C=O) groups is 1. The Balaban J connectivity index is 2.27. The third-order valence-corrected chi connectivity index (χ3v) is 3.23. The summed E-state index contributed by atoms with van der Waals surface area (Å²) in [4.78, 5) is 12.8. The summed E-state index contributed by atoms with van der Waals surface area (Å²) in [6.45, 7) is 2.73. The smallest absolute Gasteiger partial charge is 0.222 e. The van der Waals surface area contributed by atoms with Gasteiger partial charge in [0.15, 0.2) is 0 Å². The fourth-order valence-corrected chi connectivity index (χ4v) is 2.28. The van der Waals surface area contributed by atoms with Gasteiger partial charge < -0.3 is 4.74 Å². The third-order valence-electron chi connectivity index (χ3n) is 2.32. The molecule has 0 aliphatic carbocycles. The Bertz CT molecular complexity index is 518. The number of nitrogens with zero attached hydrogens (tertiary/aromatic N) is 3. The minimum Gasteiger partial charge on any atom is -0.496 e. The number of aromatic nitrogens is 3. The second-order valence-electron chi connectivity index (χ2n) is 3.52. The van der Waals surface area contributed by atoms with E-state index in [0.29, 0.717) is 22.9 Å². The molecule has 17 heavy (non-hydrogen) atoms. The number of rotatable bonds is 5. The van der Waals surface area contributed by atoms with Crippen LogP contribution in [0.4, 0.5) is 0 Å². The molecule has 0 bridgehead atoms. The molecule has 0 aromatic carbocycles. The molecule has 0 aliphatic rings. The van der Waals surface area contributed by atoms with Crippen LogP contribution in [-0.4, -0.2) is 27.9 Å². The van der Waals surface area contributed by atoms with Gasteiger partial charge >= 0.3 is 0 Å². The number of hydrogen-bond acceptors (Lipinski definition) is 5. The van der Waals surface area contributed by atoms with E-state index in [9.17, 15) is 4.79 Å². The fraction of sp³-hybridized carbons (Fsp3) is 0.364. The molecule has 0 saturated carbocycles. The van der Waals surface area contributed by atoms with Crippen LogP contribution >= 0.6 is 11.3 Å². The molecule has 0 spiro atoms. The second kappa shape index (κ2) is 5.09. The van der Waals surface area contributed by atoms with Crippen LogP contribution in [-0.2, 0) is 6.54 Å². The predicted octanol–water partition coefficient (Wildman–Crippen LogP) is 1.99. The van der Waals surface area contributed by atoms with Gasteiger partial charge in [-0.25, -0.2) is 4.68 Å². The van der Waals surface area contributed by atoms with Gasteiger partial charge in [-0.3, -0.25) is 4.79 Å². The zero-order chi connectivity index (χ0) is 12.3. The van der Waals surface area contributed by atoms with Crippen molar-refractivity contribution in [2.24, 2.45) is 0 Å². The van der Waals surface area contributed by atoms with E-state index in [-0.39, 0.29) is 5.78 Å². The van der Waals surface area contributed by atoms with Crippen molar-refractivity contribution in [3.63, 3.8) is 0 Å². The molecular weight excluding hydrogens is 238 g/mol. The molecule has 6 heteroatoms. The van der Waals surface area contributed by atoms with Crippen LogP contribution in [0.2, 0.25) is 0 Å². The average Bonchev–Trinajstić information content (AvgIpc) is 2.97. The number of ether oxygens (including phenoxy) is 1. The molecule has 2 aromatic heterocycles. The highest BCUT2D eigenvalue weighted by Crippen LogP contribution is 2.23. The Hall–Kier alpha value is -1.69. The first kappa shape index (κ1) is 11.8. The van der Waals surface area contributed by atoms with E-state index in [1.807, 2.05) is 6.92 Å². The lowest BCUT2D eigenvalue weighted by Crippen LogP contribution is -2.10. The van der Waals surface area contributed by atoms with Crippen molar-refractivity contribution < 1.29 is 9.53 Å². The maximum absolute atomic E-state index is 12.2. The summed E-state index contributed by atoms with van der Waals surface area (Å²) < 4.78 is 6.69. The second-order valence-corrected chi connectivity index (χ2v) is 4.43. The van der Waals surface area contributed by atoms with Gasteiger partial charge in [-0.1, -0.05) is 12.1 Å². The van der Waals surface area contributed by atoms with Crippen LogP contribution in [0.3, 0.4) is 0 Å². The third kappa shape index (κ3) is 2.36. The standard InChI is InChI=1S/C11H13N3O2S/c1-3-4-14-9(6-12-13-14)11(15)10-5-8(16-2)7-17-10/h5-7H,3-4H2,1-2H3. The lowest BCUT2D eigenvalue weighted by atomic mass is 10.2. The Labute approximate surface area is 103 Å². The van der Waals surface area contributed by atoms with Gasteiger partial charge in [0.05, 0.1) is 18.2 Å². The molecule has 5 nitrogen and oxygen atoms in total. The first-order chi connectivity index (χ1) is 8.26. The number of methoxy groups -OCH3 is 1. The van der Waals surface area contributed by atoms with Crippen LogP contribution in [0.25, 0.3) is 0 Å². The lowest BCUT2D eigenvalue weighted by Gasteiger charge is -2.01. The van der Waals surface area contributed by atoms with Gasteiger partial charge in [0.1, 0.15) is 11.4 Å². The summed E-state index contributed by atoms with van der Waals surface area (Å²) in [7, 11) is 1.58. The molecule has 2 aromatic rings. The van der Waals surface area contributed by atoms with Gasteiger partial charge in [-0.05, 0) is 6.42 Å². The maximum Gasteiger partial charge on any atom is 0.222 e. The van der Waals surface area contributed by atoms with Crippen molar-refractivity contribution in [2.45, 2.75) is 19.9 Å². The average molecular weight is 251 g/mol. The molecule has 2 heterocycles. The highest BCUT2D eigenvalue weighted by atomic mass is 32.1. The van der Waals surface area contributed by atoms with E-state index < -0.39 is 0 Å².